The fourth-order valence-corrected chi connectivity index (χ4v) is 3.40. The molecule has 0 spiro atoms. The van der Waals surface area contributed by atoms with Crippen LogP contribution in [-0.4, -0.2) is 14.7 Å². The molecule has 0 fully saturated rings. The van der Waals surface area contributed by atoms with Crippen LogP contribution in [0.5, 0.6) is 5.75 Å². The molecule has 2 aromatic carbocycles. The molecule has 0 aliphatic heterocycles. The topological polar surface area (TPSA) is 55.1 Å². The quantitative estimate of drug-likeness (QED) is 0.699. The third-order valence-corrected chi connectivity index (χ3v) is 4.75. The molecule has 0 bridgehead atoms. The molecule has 28 heavy (non-hydrogen) atoms. The Balaban J connectivity index is 2.13. The van der Waals surface area contributed by atoms with Crippen LogP contribution < -0.4 is 5.56 Å². The molecule has 0 amide bonds. The lowest BCUT2D eigenvalue weighted by molar-refractivity contribution is 0.331. The Kier molecular flexibility index (Phi) is 5.68. The number of phenols is 1. The predicted molar refractivity (Wildman–Crippen MR) is 114 cm³/mol. The molecule has 0 radical (unpaired) electrons. The predicted octanol–water partition coefficient (Wildman–Crippen LogP) is 4.76. The van der Waals surface area contributed by atoms with Crippen LogP contribution in [0.1, 0.15) is 37.7 Å². The van der Waals surface area contributed by atoms with E-state index in [0.717, 1.165) is 6.42 Å². The fourth-order valence-electron chi connectivity index (χ4n) is 3.40. The number of para-hydroxylation sites is 1. The highest BCUT2D eigenvalue weighted by molar-refractivity contribution is 5.69. The molecule has 0 atom stereocenters. The molecule has 1 aromatic heterocycles. The van der Waals surface area contributed by atoms with Crippen LogP contribution in [-0.2, 0) is 19.4 Å². The number of rotatable bonds is 5. The third kappa shape index (κ3) is 4.50. The monoisotopic (exact) mass is 376 g/mol. The molecule has 4 nitrogen and oxygen atoms in total. The summed E-state index contributed by atoms with van der Waals surface area (Å²) in [7, 11) is 0. The number of hydrogen-bond acceptors (Lipinski definition) is 3. The van der Waals surface area contributed by atoms with Gasteiger partial charge >= 0.3 is 0 Å². The van der Waals surface area contributed by atoms with Crippen molar-refractivity contribution >= 4 is 0 Å². The van der Waals surface area contributed by atoms with Gasteiger partial charge in [-0.25, -0.2) is 4.98 Å². The van der Waals surface area contributed by atoms with Gasteiger partial charge in [0.2, 0.25) is 0 Å². The normalized spacial score (nSPS) is 11.6. The highest BCUT2D eigenvalue weighted by Crippen LogP contribution is 2.30. The van der Waals surface area contributed by atoms with Gasteiger partial charge < -0.3 is 5.11 Å². The van der Waals surface area contributed by atoms with E-state index in [1.54, 1.807) is 16.7 Å². The average Bonchev–Trinajstić information content (AvgIpc) is 2.65. The Morgan fingerprint density at radius 1 is 0.964 bits per heavy atom. The number of nitrogens with zero attached hydrogens (tertiary/aromatic N) is 2. The van der Waals surface area contributed by atoms with E-state index in [1.165, 1.54) is 5.56 Å². The first-order valence-corrected chi connectivity index (χ1v) is 9.69. The van der Waals surface area contributed by atoms with Crippen molar-refractivity contribution in [3.05, 3.63) is 81.9 Å². The van der Waals surface area contributed by atoms with E-state index in [-0.39, 0.29) is 16.7 Å². The summed E-state index contributed by atoms with van der Waals surface area (Å²) in [5.74, 6) is 0.810. The number of phenolic OH excluding ortho intramolecular Hbond substituents is 1. The van der Waals surface area contributed by atoms with Crippen LogP contribution >= 0.6 is 0 Å². The Morgan fingerprint density at radius 2 is 1.61 bits per heavy atom. The summed E-state index contributed by atoms with van der Waals surface area (Å²) in [6, 6.07) is 17.2. The highest BCUT2D eigenvalue weighted by Gasteiger charge is 2.21. The third-order valence-electron chi connectivity index (χ3n) is 4.75. The average molecular weight is 377 g/mol. The maximum atomic E-state index is 13.4. The molecule has 0 aliphatic carbocycles. The number of aromatic nitrogens is 2. The Morgan fingerprint density at radius 3 is 2.25 bits per heavy atom. The standard InChI is InChI=1S/C24H28N2O2/c1-17-25-22(19-12-8-9-13-21(19)27)20(15-14-18-10-6-5-7-11-18)23(28)26(17)16-24(2,3)4/h5-13,27H,14-16H2,1-4H3. The Labute approximate surface area is 166 Å². The summed E-state index contributed by atoms with van der Waals surface area (Å²) >= 11 is 0. The number of aryl methyl sites for hydroxylation is 2. The van der Waals surface area contributed by atoms with Crippen LogP contribution in [0, 0.1) is 12.3 Å². The van der Waals surface area contributed by atoms with Gasteiger partial charge in [0.05, 0.1) is 5.69 Å². The summed E-state index contributed by atoms with van der Waals surface area (Å²) in [6.45, 7) is 8.79. The van der Waals surface area contributed by atoms with Crippen molar-refractivity contribution in [3.63, 3.8) is 0 Å². The number of hydrogen-bond donors (Lipinski definition) is 1. The van der Waals surface area contributed by atoms with Crippen molar-refractivity contribution in [3.8, 4) is 17.0 Å². The Bertz CT molecular complexity index is 1020. The lowest BCUT2D eigenvalue weighted by Gasteiger charge is -2.23. The van der Waals surface area contributed by atoms with Crippen molar-refractivity contribution in [1.82, 2.24) is 9.55 Å². The first-order chi connectivity index (χ1) is 13.3. The highest BCUT2D eigenvalue weighted by atomic mass is 16.3. The minimum absolute atomic E-state index is 0.0170. The zero-order valence-electron chi connectivity index (χ0n) is 17.1. The maximum Gasteiger partial charge on any atom is 0.257 e. The van der Waals surface area contributed by atoms with Gasteiger partial charge in [-0.1, -0.05) is 63.2 Å². The molecule has 146 valence electrons. The van der Waals surface area contributed by atoms with Crippen LogP contribution in [0.3, 0.4) is 0 Å². The van der Waals surface area contributed by atoms with Gasteiger partial charge in [0.25, 0.3) is 5.56 Å². The molecule has 3 rings (SSSR count). The molecule has 0 aliphatic rings. The van der Waals surface area contributed by atoms with Crippen molar-refractivity contribution in [2.45, 2.75) is 47.1 Å². The lowest BCUT2D eigenvalue weighted by Crippen LogP contribution is -2.32. The van der Waals surface area contributed by atoms with Crippen LogP contribution in [0.15, 0.2) is 59.4 Å². The molecule has 4 heteroatoms. The molecule has 0 saturated carbocycles. The van der Waals surface area contributed by atoms with E-state index >= 15 is 0 Å². The zero-order valence-corrected chi connectivity index (χ0v) is 17.1. The van der Waals surface area contributed by atoms with E-state index in [9.17, 15) is 9.90 Å². The molecule has 3 aromatic rings. The first-order valence-electron chi connectivity index (χ1n) is 9.69. The smallest absolute Gasteiger partial charge is 0.257 e. The van der Waals surface area contributed by atoms with Gasteiger partial charge in [0.1, 0.15) is 11.6 Å². The van der Waals surface area contributed by atoms with Gasteiger partial charge in [-0.2, -0.15) is 0 Å². The molecule has 1 N–H and O–H groups in total. The second kappa shape index (κ2) is 8.01. The maximum absolute atomic E-state index is 13.4. The zero-order chi connectivity index (χ0) is 20.3. The number of aromatic hydroxyl groups is 1. The van der Waals surface area contributed by atoms with Gasteiger partial charge in [0.15, 0.2) is 0 Å². The second-order valence-electron chi connectivity index (χ2n) is 8.44. The summed E-state index contributed by atoms with van der Waals surface area (Å²) in [5, 5.41) is 10.4. The van der Waals surface area contributed by atoms with Gasteiger partial charge in [-0.3, -0.25) is 9.36 Å². The Hall–Kier alpha value is -2.88. The largest absolute Gasteiger partial charge is 0.507 e. The van der Waals surface area contributed by atoms with E-state index in [0.29, 0.717) is 35.6 Å². The molecule has 1 heterocycles. The van der Waals surface area contributed by atoms with Crippen molar-refractivity contribution in [1.29, 1.82) is 0 Å². The van der Waals surface area contributed by atoms with Crippen LogP contribution in [0.25, 0.3) is 11.3 Å². The minimum atomic E-state index is -0.0383. The van der Waals surface area contributed by atoms with E-state index in [2.05, 4.69) is 32.9 Å². The lowest BCUT2D eigenvalue weighted by atomic mass is 9.96. The SMILES string of the molecule is Cc1nc(-c2ccccc2O)c(CCc2ccccc2)c(=O)n1CC(C)(C)C. The van der Waals surface area contributed by atoms with Crippen molar-refractivity contribution in [2.24, 2.45) is 5.41 Å². The second-order valence-corrected chi connectivity index (χ2v) is 8.44. The minimum Gasteiger partial charge on any atom is -0.507 e. The van der Waals surface area contributed by atoms with Crippen molar-refractivity contribution in [2.75, 3.05) is 0 Å². The van der Waals surface area contributed by atoms with Crippen LogP contribution in [0.2, 0.25) is 0 Å². The number of benzene rings is 2. The molecule has 0 saturated heterocycles. The first kappa shape index (κ1) is 19.9. The van der Waals surface area contributed by atoms with Gasteiger partial charge in [-0.15, -0.1) is 0 Å². The summed E-state index contributed by atoms with van der Waals surface area (Å²) in [5.41, 5.74) is 2.96. The van der Waals surface area contributed by atoms with E-state index in [1.807, 2.05) is 37.3 Å². The fraction of sp³-hybridized carbons (Fsp3) is 0.333. The summed E-state index contributed by atoms with van der Waals surface area (Å²) in [6.07, 6.45) is 1.32. The summed E-state index contributed by atoms with van der Waals surface area (Å²) < 4.78 is 1.77. The molecule has 0 unspecified atom stereocenters. The molecular formula is C24H28N2O2. The van der Waals surface area contributed by atoms with Crippen molar-refractivity contribution < 1.29 is 5.11 Å². The van der Waals surface area contributed by atoms with Gasteiger partial charge in [0, 0.05) is 17.7 Å². The summed E-state index contributed by atoms with van der Waals surface area (Å²) in [4.78, 5) is 18.2. The van der Waals surface area contributed by atoms with Crippen LogP contribution in [0.4, 0.5) is 0 Å². The van der Waals surface area contributed by atoms with Gasteiger partial charge in [-0.05, 0) is 42.9 Å². The molecular weight excluding hydrogens is 348 g/mol. The van der Waals surface area contributed by atoms with E-state index in [4.69, 9.17) is 4.98 Å². The van der Waals surface area contributed by atoms with E-state index < -0.39 is 0 Å².